The number of carbonyl (C=O) groups is 1. The highest BCUT2D eigenvalue weighted by Gasteiger charge is 2.23. The van der Waals surface area contributed by atoms with Crippen LogP contribution in [0.5, 0.6) is 0 Å². The first-order valence-corrected chi connectivity index (χ1v) is 7.25. The molecule has 2 aromatic rings. The summed E-state index contributed by atoms with van der Waals surface area (Å²) in [6, 6.07) is 3.27. The molecule has 0 radical (unpaired) electrons. The molecule has 0 saturated carbocycles. The fraction of sp³-hybridized carbons (Fsp3) is 0.294. The molecule has 1 aromatic heterocycles. The van der Waals surface area contributed by atoms with E-state index in [2.05, 4.69) is 4.98 Å². The van der Waals surface area contributed by atoms with Crippen molar-refractivity contribution in [1.29, 1.82) is 0 Å². The minimum absolute atomic E-state index is 0. The fourth-order valence-corrected chi connectivity index (χ4v) is 2.92. The van der Waals surface area contributed by atoms with E-state index in [4.69, 9.17) is 5.73 Å². The zero-order valence-corrected chi connectivity index (χ0v) is 13.9. The lowest BCUT2D eigenvalue weighted by Gasteiger charge is -2.26. The van der Waals surface area contributed by atoms with E-state index in [9.17, 15) is 9.18 Å². The van der Waals surface area contributed by atoms with Crippen molar-refractivity contribution in [3.8, 4) is 11.1 Å². The molecular weight excluding hydrogens is 317 g/mol. The van der Waals surface area contributed by atoms with Crippen LogP contribution in [0.15, 0.2) is 24.5 Å². The summed E-state index contributed by atoms with van der Waals surface area (Å²) in [4.78, 5) is 17.4. The topological polar surface area (TPSA) is 59.2 Å². The second kappa shape index (κ2) is 6.64. The largest absolute Gasteiger partial charge is 0.326 e. The van der Waals surface area contributed by atoms with Crippen LogP contribution in [0.1, 0.15) is 23.1 Å². The van der Waals surface area contributed by atoms with Gasteiger partial charge in [-0.25, -0.2) is 4.39 Å². The van der Waals surface area contributed by atoms with Crippen LogP contribution in [0, 0.1) is 12.7 Å². The maximum atomic E-state index is 14.6. The molecule has 0 unspecified atom stereocenters. The van der Waals surface area contributed by atoms with Crippen LogP contribution >= 0.6 is 12.4 Å². The number of halogens is 2. The molecule has 1 amide bonds. The second-order valence-electron chi connectivity index (χ2n) is 5.59. The maximum absolute atomic E-state index is 14.6. The van der Waals surface area contributed by atoms with Crippen LogP contribution in [0.4, 0.5) is 10.1 Å². The molecular formula is C17H19ClFN3O. The maximum Gasteiger partial charge on any atom is 0.227 e. The third kappa shape index (κ3) is 2.94. The van der Waals surface area contributed by atoms with Crippen LogP contribution in [0.2, 0.25) is 0 Å². The highest BCUT2D eigenvalue weighted by atomic mass is 35.5. The molecule has 2 N–H and O–H groups in total. The molecule has 4 nitrogen and oxygen atoms in total. The third-order valence-electron chi connectivity index (χ3n) is 4.34. The number of amides is 1. The van der Waals surface area contributed by atoms with Gasteiger partial charge in [-0.15, -0.1) is 12.4 Å². The van der Waals surface area contributed by atoms with Gasteiger partial charge in [0.2, 0.25) is 5.91 Å². The lowest BCUT2D eigenvalue weighted by molar-refractivity contribution is -0.118. The number of nitrogens with two attached hydrogens (primary N) is 1. The van der Waals surface area contributed by atoms with Gasteiger partial charge in [0, 0.05) is 49.2 Å². The van der Waals surface area contributed by atoms with Crippen molar-refractivity contribution < 1.29 is 9.18 Å². The van der Waals surface area contributed by atoms with E-state index in [1.807, 2.05) is 13.0 Å². The van der Waals surface area contributed by atoms with Crippen LogP contribution < -0.4 is 10.6 Å². The van der Waals surface area contributed by atoms with Crippen LogP contribution in [0.3, 0.4) is 0 Å². The Bertz CT molecular complexity index is 764. The minimum Gasteiger partial charge on any atom is -0.326 e. The van der Waals surface area contributed by atoms with Crippen molar-refractivity contribution in [2.24, 2.45) is 5.73 Å². The summed E-state index contributed by atoms with van der Waals surface area (Å²) in [5, 5.41) is 0. The van der Waals surface area contributed by atoms with Gasteiger partial charge in [0.1, 0.15) is 5.82 Å². The number of carbonyl (C=O) groups excluding carboxylic acids is 1. The Morgan fingerprint density at radius 3 is 2.70 bits per heavy atom. The summed E-state index contributed by atoms with van der Waals surface area (Å²) >= 11 is 0. The number of aromatic nitrogens is 1. The van der Waals surface area contributed by atoms with Crippen molar-refractivity contribution in [2.75, 3.05) is 11.9 Å². The molecule has 23 heavy (non-hydrogen) atoms. The third-order valence-corrected chi connectivity index (χ3v) is 4.34. The molecule has 0 atom stereocenters. The lowest BCUT2D eigenvalue weighted by Crippen LogP contribution is -2.31. The average molecular weight is 336 g/mol. The first-order valence-electron chi connectivity index (χ1n) is 7.25. The second-order valence-corrected chi connectivity index (χ2v) is 5.59. The number of fused-ring (bicyclic) bond motifs is 1. The Morgan fingerprint density at radius 1 is 1.26 bits per heavy atom. The molecule has 3 rings (SSSR count). The molecule has 0 spiro atoms. The average Bonchev–Trinajstić information content (AvgIpc) is 2.52. The van der Waals surface area contributed by atoms with E-state index in [0.29, 0.717) is 30.6 Å². The summed E-state index contributed by atoms with van der Waals surface area (Å²) < 4.78 is 14.6. The predicted molar refractivity (Wildman–Crippen MR) is 91.2 cm³/mol. The molecule has 1 aromatic carbocycles. The molecule has 0 saturated heterocycles. The number of aryl methyl sites for hydroxylation is 1. The molecule has 2 heterocycles. The molecule has 0 bridgehead atoms. The molecule has 1 aliphatic heterocycles. The SMILES string of the molecule is Cc1c(CN)cncc1-c1cc2c(cc1F)N(C)C(=O)CC2.Cl. The fourth-order valence-electron chi connectivity index (χ4n) is 2.92. The number of nitrogens with zero attached hydrogens (tertiary/aromatic N) is 2. The van der Waals surface area contributed by atoms with Crippen LogP contribution in [-0.4, -0.2) is 17.9 Å². The number of hydrogen-bond acceptors (Lipinski definition) is 3. The van der Waals surface area contributed by atoms with E-state index < -0.39 is 0 Å². The minimum atomic E-state index is -0.348. The normalized spacial score (nSPS) is 13.6. The molecule has 0 aliphatic carbocycles. The number of benzene rings is 1. The van der Waals surface area contributed by atoms with Gasteiger partial charge in [-0.3, -0.25) is 9.78 Å². The van der Waals surface area contributed by atoms with Gasteiger partial charge in [0.05, 0.1) is 0 Å². The zero-order chi connectivity index (χ0) is 15.9. The highest BCUT2D eigenvalue weighted by molar-refractivity contribution is 5.96. The first kappa shape index (κ1) is 17.4. The van der Waals surface area contributed by atoms with E-state index in [1.54, 1.807) is 19.4 Å². The quantitative estimate of drug-likeness (QED) is 0.917. The van der Waals surface area contributed by atoms with E-state index in [-0.39, 0.29) is 24.1 Å². The molecule has 0 fully saturated rings. The van der Waals surface area contributed by atoms with Gasteiger partial charge >= 0.3 is 0 Å². The Hall–Kier alpha value is -1.98. The number of rotatable bonds is 2. The number of pyridine rings is 1. The van der Waals surface area contributed by atoms with Gasteiger partial charge in [0.25, 0.3) is 0 Å². The van der Waals surface area contributed by atoms with E-state index >= 15 is 0 Å². The predicted octanol–water partition coefficient (Wildman–Crippen LogP) is 2.99. The smallest absolute Gasteiger partial charge is 0.227 e. The van der Waals surface area contributed by atoms with E-state index in [0.717, 1.165) is 22.3 Å². The Kier molecular flexibility index (Phi) is 5.02. The van der Waals surface area contributed by atoms with E-state index in [1.165, 1.54) is 11.0 Å². The van der Waals surface area contributed by atoms with Gasteiger partial charge < -0.3 is 10.6 Å². The standard InChI is InChI=1S/C17H18FN3O.ClH/c1-10-12(7-19)8-20-9-14(10)13-5-11-3-4-17(22)21(2)16(11)6-15(13)18;/h5-6,8-9H,3-4,7,19H2,1-2H3;1H. The van der Waals surface area contributed by atoms with Gasteiger partial charge in [-0.1, -0.05) is 0 Å². The summed E-state index contributed by atoms with van der Waals surface area (Å²) in [5.74, 6) is -0.331. The first-order chi connectivity index (χ1) is 10.5. The number of hydrogen-bond donors (Lipinski definition) is 1. The van der Waals surface area contributed by atoms with Crippen LogP contribution in [0.25, 0.3) is 11.1 Å². The van der Waals surface area contributed by atoms with Crippen LogP contribution in [-0.2, 0) is 17.8 Å². The molecule has 1 aliphatic rings. The summed E-state index contributed by atoms with van der Waals surface area (Å²) in [6.07, 6.45) is 4.46. The van der Waals surface area contributed by atoms with Crippen molar-refractivity contribution in [1.82, 2.24) is 4.98 Å². The van der Waals surface area contributed by atoms with Crippen molar-refractivity contribution in [3.05, 3.63) is 47.0 Å². The monoisotopic (exact) mass is 335 g/mol. The highest BCUT2D eigenvalue weighted by Crippen LogP contribution is 2.35. The number of anilines is 1. The van der Waals surface area contributed by atoms with Crippen molar-refractivity contribution >= 4 is 24.0 Å². The summed E-state index contributed by atoms with van der Waals surface area (Å²) in [7, 11) is 1.68. The van der Waals surface area contributed by atoms with Crippen molar-refractivity contribution in [2.45, 2.75) is 26.3 Å². The summed E-state index contributed by atoms with van der Waals surface area (Å²) in [6.45, 7) is 2.30. The molecule has 6 heteroatoms. The summed E-state index contributed by atoms with van der Waals surface area (Å²) in [5.41, 5.74) is 10.4. The van der Waals surface area contributed by atoms with Crippen molar-refractivity contribution in [3.63, 3.8) is 0 Å². The van der Waals surface area contributed by atoms with Gasteiger partial charge in [-0.2, -0.15) is 0 Å². The lowest BCUT2D eigenvalue weighted by atomic mass is 9.93. The zero-order valence-electron chi connectivity index (χ0n) is 13.1. The Labute approximate surface area is 140 Å². The molecule has 122 valence electrons. The van der Waals surface area contributed by atoms with Gasteiger partial charge in [0.15, 0.2) is 0 Å². The Balaban J connectivity index is 0.00000192. The Morgan fingerprint density at radius 2 is 2.00 bits per heavy atom. The van der Waals surface area contributed by atoms with Gasteiger partial charge in [-0.05, 0) is 42.2 Å².